The molecule has 0 aliphatic heterocycles. The quantitative estimate of drug-likeness (QED) is 0.883. The minimum atomic E-state index is -0.344. The number of pyridine rings is 1. The van der Waals surface area contributed by atoms with Gasteiger partial charge < -0.3 is 5.32 Å². The van der Waals surface area contributed by atoms with Crippen molar-refractivity contribution < 1.29 is 4.39 Å². The van der Waals surface area contributed by atoms with Crippen LogP contribution in [0.15, 0.2) is 42.6 Å². The highest BCUT2D eigenvalue weighted by molar-refractivity contribution is 6.31. The Hall–Kier alpha value is -1.61. The third-order valence-electron chi connectivity index (χ3n) is 2.15. The van der Waals surface area contributed by atoms with Gasteiger partial charge in [-0.25, -0.2) is 9.37 Å². The maximum atomic E-state index is 12.6. The zero-order valence-corrected chi connectivity index (χ0v) is 9.21. The highest BCUT2D eigenvalue weighted by Gasteiger charge is 1.99. The molecule has 0 aliphatic rings. The fourth-order valence-corrected chi connectivity index (χ4v) is 1.51. The molecule has 0 saturated heterocycles. The average molecular weight is 237 g/mol. The highest BCUT2D eigenvalue weighted by atomic mass is 35.5. The lowest BCUT2D eigenvalue weighted by atomic mass is 10.2. The van der Waals surface area contributed by atoms with Crippen molar-refractivity contribution in [1.82, 2.24) is 4.98 Å². The van der Waals surface area contributed by atoms with Crippen LogP contribution in [0.4, 0.5) is 10.2 Å². The summed E-state index contributed by atoms with van der Waals surface area (Å²) in [4.78, 5) is 3.89. The lowest BCUT2D eigenvalue weighted by molar-refractivity contribution is 0.621. The van der Waals surface area contributed by atoms with Gasteiger partial charge in [0.05, 0.1) is 6.20 Å². The van der Waals surface area contributed by atoms with Crippen LogP contribution >= 0.6 is 11.6 Å². The first-order chi connectivity index (χ1) is 7.75. The highest BCUT2D eigenvalue weighted by Crippen LogP contribution is 2.16. The number of anilines is 1. The van der Waals surface area contributed by atoms with Gasteiger partial charge in [0.25, 0.3) is 0 Å². The Balaban J connectivity index is 2.02. The summed E-state index contributed by atoms with van der Waals surface area (Å²) < 4.78 is 12.6. The van der Waals surface area contributed by atoms with Crippen molar-refractivity contribution in [3.05, 3.63) is 59.0 Å². The number of aromatic nitrogens is 1. The molecule has 0 spiro atoms. The zero-order chi connectivity index (χ0) is 11.4. The molecule has 0 amide bonds. The molecule has 0 bridgehead atoms. The SMILES string of the molecule is Fc1ccc(NCc2ccccc2Cl)nc1. The van der Waals surface area contributed by atoms with Gasteiger partial charge in [-0.15, -0.1) is 0 Å². The predicted octanol–water partition coefficient (Wildman–Crippen LogP) is 3.49. The molecule has 0 aliphatic carbocycles. The van der Waals surface area contributed by atoms with Gasteiger partial charge in [-0.05, 0) is 23.8 Å². The standard InChI is InChI=1S/C12H10ClFN2/c13-11-4-2-1-3-9(11)7-15-12-6-5-10(14)8-16-12/h1-6,8H,7H2,(H,15,16). The van der Waals surface area contributed by atoms with Crippen molar-refractivity contribution in [3.63, 3.8) is 0 Å². The van der Waals surface area contributed by atoms with Crippen LogP contribution in [0.1, 0.15) is 5.56 Å². The van der Waals surface area contributed by atoms with E-state index >= 15 is 0 Å². The minimum absolute atomic E-state index is 0.344. The van der Waals surface area contributed by atoms with Crippen molar-refractivity contribution in [2.45, 2.75) is 6.54 Å². The maximum Gasteiger partial charge on any atom is 0.141 e. The van der Waals surface area contributed by atoms with E-state index in [0.717, 1.165) is 5.56 Å². The third kappa shape index (κ3) is 2.70. The van der Waals surface area contributed by atoms with Crippen LogP contribution in [0, 0.1) is 5.82 Å². The lowest BCUT2D eigenvalue weighted by Gasteiger charge is -2.06. The van der Waals surface area contributed by atoms with Crippen LogP contribution in [-0.2, 0) is 6.54 Å². The lowest BCUT2D eigenvalue weighted by Crippen LogP contribution is -2.01. The van der Waals surface area contributed by atoms with Gasteiger partial charge in [-0.2, -0.15) is 0 Å². The third-order valence-corrected chi connectivity index (χ3v) is 2.51. The Labute approximate surface area is 98.1 Å². The Morgan fingerprint density at radius 3 is 2.69 bits per heavy atom. The first-order valence-electron chi connectivity index (χ1n) is 4.84. The Bertz CT molecular complexity index is 471. The predicted molar refractivity (Wildman–Crippen MR) is 63.0 cm³/mol. The second-order valence-corrected chi connectivity index (χ2v) is 3.71. The van der Waals surface area contributed by atoms with Crippen molar-refractivity contribution in [1.29, 1.82) is 0 Å². The zero-order valence-electron chi connectivity index (χ0n) is 8.45. The number of hydrogen-bond acceptors (Lipinski definition) is 2. The average Bonchev–Trinajstić information content (AvgIpc) is 2.30. The molecule has 2 rings (SSSR count). The summed E-state index contributed by atoms with van der Waals surface area (Å²) in [6.45, 7) is 0.568. The summed E-state index contributed by atoms with van der Waals surface area (Å²) in [6, 6.07) is 10.5. The molecule has 0 fully saturated rings. The molecular formula is C12H10ClFN2. The number of halogens is 2. The minimum Gasteiger partial charge on any atom is -0.366 e. The van der Waals surface area contributed by atoms with Gasteiger partial charge in [0.1, 0.15) is 11.6 Å². The second kappa shape index (κ2) is 4.94. The van der Waals surface area contributed by atoms with E-state index in [9.17, 15) is 4.39 Å². The molecule has 2 aromatic rings. The monoisotopic (exact) mass is 236 g/mol. The number of benzene rings is 1. The largest absolute Gasteiger partial charge is 0.366 e. The fourth-order valence-electron chi connectivity index (χ4n) is 1.31. The van der Waals surface area contributed by atoms with Gasteiger partial charge in [-0.3, -0.25) is 0 Å². The number of nitrogens with zero attached hydrogens (tertiary/aromatic N) is 1. The first kappa shape index (κ1) is 10.9. The topological polar surface area (TPSA) is 24.9 Å². The number of rotatable bonds is 3. The number of nitrogens with one attached hydrogen (secondary N) is 1. The molecule has 2 nitrogen and oxygen atoms in total. The van der Waals surface area contributed by atoms with E-state index in [-0.39, 0.29) is 5.82 Å². The smallest absolute Gasteiger partial charge is 0.141 e. The van der Waals surface area contributed by atoms with E-state index in [1.54, 1.807) is 6.07 Å². The van der Waals surface area contributed by atoms with Gasteiger partial charge in [0.2, 0.25) is 0 Å². The molecule has 4 heteroatoms. The molecule has 0 saturated carbocycles. The summed E-state index contributed by atoms with van der Waals surface area (Å²) >= 11 is 6.00. The molecule has 82 valence electrons. The molecular weight excluding hydrogens is 227 g/mol. The van der Waals surface area contributed by atoms with E-state index in [1.165, 1.54) is 12.3 Å². The molecule has 0 unspecified atom stereocenters. The van der Waals surface area contributed by atoms with Crippen molar-refractivity contribution in [2.75, 3.05) is 5.32 Å². The van der Waals surface area contributed by atoms with Crippen molar-refractivity contribution in [3.8, 4) is 0 Å². The van der Waals surface area contributed by atoms with Gasteiger partial charge in [0.15, 0.2) is 0 Å². The van der Waals surface area contributed by atoms with Crippen molar-refractivity contribution in [2.24, 2.45) is 0 Å². The number of hydrogen-bond donors (Lipinski definition) is 1. The van der Waals surface area contributed by atoms with Crippen molar-refractivity contribution >= 4 is 17.4 Å². The van der Waals surface area contributed by atoms with E-state index in [1.807, 2.05) is 24.3 Å². The molecule has 0 radical (unpaired) electrons. The molecule has 16 heavy (non-hydrogen) atoms. The van der Waals surface area contributed by atoms with Gasteiger partial charge in [-0.1, -0.05) is 29.8 Å². The first-order valence-corrected chi connectivity index (χ1v) is 5.22. The van der Waals surface area contributed by atoms with Crippen LogP contribution in [-0.4, -0.2) is 4.98 Å². The van der Waals surface area contributed by atoms with E-state index in [0.29, 0.717) is 17.4 Å². The van der Waals surface area contributed by atoms with Crippen LogP contribution in [0.3, 0.4) is 0 Å². The van der Waals surface area contributed by atoms with E-state index < -0.39 is 0 Å². The van der Waals surface area contributed by atoms with E-state index in [4.69, 9.17) is 11.6 Å². The molecule has 1 N–H and O–H groups in total. The Morgan fingerprint density at radius 2 is 2.00 bits per heavy atom. The van der Waals surface area contributed by atoms with Crippen LogP contribution in [0.2, 0.25) is 5.02 Å². The van der Waals surface area contributed by atoms with Crippen LogP contribution < -0.4 is 5.32 Å². The fraction of sp³-hybridized carbons (Fsp3) is 0.0833. The summed E-state index contributed by atoms with van der Waals surface area (Å²) in [5.41, 5.74) is 0.982. The molecule has 1 aromatic carbocycles. The normalized spacial score (nSPS) is 10.1. The summed E-state index contributed by atoms with van der Waals surface area (Å²) in [7, 11) is 0. The summed E-state index contributed by atoms with van der Waals surface area (Å²) in [5.74, 6) is 0.282. The Morgan fingerprint density at radius 1 is 1.19 bits per heavy atom. The maximum absolute atomic E-state index is 12.6. The molecule has 1 aromatic heterocycles. The van der Waals surface area contributed by atoms with Crippen LogP contribution in [0.25, 0.3) is 0 Å². The van der Waals surface area contributed by atoms with Gasteiger partial charge in [0, 0.05) is 11.6 Å². The van der Waals surface area contributed by atoms with E-state index in [2.05, 4.69) is 10.3 Å². The summed E-state index contributed by atoms with van der Waals surface area (Å²) in [6.07, 6.45) is 1.18. The molecule has 0 atom stereocenters. The van der Waals surface area contributed by atoms with Gasteiger partial charge >= 0.3 is 0 Å². The summed E-state index contributed by atoms with van der Waals surface area (Å²) in [5, 5.41) is 3.77. The molecule has 1 heterocycles. The Kier molecular flexibility index (Phi) is 3.37. The van der Waals surface area contributed by atoms with Crippen LogP contribution in [0.5, 0.6) is 0 Å². The second-order valence-electron chi connectivity index (χ2n) is 3.31.